The number of piperazine rings is 1. The van der Waals surface area contributed by atoms with Crippen molar-refractivity contribution in [3.8, 4) is 0 Å². The summed E-state index contributed by atoms with van der Waals surface area (Å²) >= 11 is 0. The number of fused-ring (bicyclic) bond motifs is 1. The number of nitrogens with zero attached hydrogens (tertiary/aromatic N) is 2. The molecule has 2 saturated heterocycles. The van der Waals surface area contributed by atoms with Crippen LogP contribution in [0.15, 0.2) is 0 Å². The van der Waals surface area contributed by atoms with Crippen LogP contribution >= 0.6 is 0 Å². The van der Waals surface area contributed by atoms with Crippen LogP contribution in [0.2, 0.25) is 0 Å². The summed E-state index contributed by atoms with van der Waals surface area (Å²) in [6, 6.07) is 0.939. The van der Waals surface area contributed by atoms with Crippen LogP contribution < -0.4 is 0 Å². The van der Waals surface area contributed by atoms with E-state index in [2.05, 4.69) is 16.8 Å². The Labute approximate surface area is 50.1 Å². The van der Waals surface area contributed by atoms with Crippen LogP contribution in [0.3, 0.4) is 0 Å². The van der Waals surface area contributed by atoms with Gasteiger partial charge in [-0.2, -0.15) is 0 Å². The molecule has 0 aromatic carbocycles. The van der Waals surface area contributed by atoms with E-state index in [0.29, 0.717) is 0 Å². The maximum atomic E-state index is 2.53. The molecule has 8 heavy (non-hydrogen) atoms. The van der Waals surface area contributed by atoms with Gasteiger partial charge in [-0.25, -0.2) is 0 Å². The maximum absolute atomic E-state index is 2.53. The number of hydrogen-bond acceptors (Lipinski definition) is 2. The van der Waals surface area contributed by atoms with Gasteiger partial charge in [-0.05, 0) is 7.05 Å². The van der Waals surface area contributed by atoms with Gasteiger partial charge in [0.15, 0.2) is 0 Å². The molecule has 0 bridgehead atoms. The Balaban J connectivity index is 1.93. The van der Waals surface area contributed by atoms with Gasteiger partial charge in [-0.15, -0.1) is 0 Å². The Bertz CT molecular complexity index is 103. The number of likely N-dealkylation sites (N-methyl/N-ethyl adjacent to an activating group) is 1. The Kier molecular flexibility index (Phi) is 0.866. The summed E-state index contributed by atoms with van der Waals surface area (Å²) in [6.07, 6.45) is 0. The fraction of sp³-hybridized carbons (Fsp3) is 1.00. The summed E-state index contributed by atoms with van der Waals surface area (Å²) in [5, 5.41) is 0. The minimum absolute atomic E-state index is 0.939. The maximum Gasteiger partial charge on any atom is 0.0351 e. The summed E-state index contributed by atoms with van der Waals surface area (Å²) in [5.74, 6) is 0. The topological polar surface area (TPSA) is 6.25 Å². The lowest BCUT2D eigenvalue weighted by Crippen LogP contribution is -2.35. The van der Waals surface area contributed by atoms with Crippen LogP contribution in [0.4, 0.5) is 0 Å². The molecule has 2 heteroatoms. The van der Waals surface area contributed by atoms with E-state index in [-0.39, 0.29) is 0 Å². The minimum atomic E-state index is 0.939. The molecule has 2 aliphatic rings. The molecule has 46 valence electrons. The van der Waals surface area contributed by atoms with Crippen molar-refractivity contribution in [2.24, 2.45) is 0 Å². The first kappa shape index (κ1) is 4.77. The van der Waals surface area contributed by atoms with E-state index < -0.39 is 0 Å². The smallest absolute Gasteiger partial charge is 0.0351 e. The summed E-state index contributed by atoms with van der Waals surface area (Å²) in [6.45, 7) is 5.25. The van der Waals surface area contributed by atoms with E-state index in [1.807, 2.05) is 0 Å². The van der Waals surface area contributed by atoms with E-state index >= 15 is 0 Å². The first-order valence-electron chi connectivity index (χ1n) is 3.29. The second-order valence-corrected chi connectivity index (χ2v) is 2.91. The van der Waals surface area contributed by atoms with E-state index in [1.54, 1.807) is 0 Å². The zero-order valence-corrected chi connectivity index (χ0v) is 5.30. The van der Waals surface area contributed by atoms with Crippen molar-refractivity contribution in [3.63, 3.8) is 0 Å². The predicted molar refractivity (Wildman–Crippen MR) is 32.9 cm³/mol. The number of rotatable bonds is 0. The molecule has 0 saturated carbocycles. The molecular weight excluding hydrogens is 100 g/mol. The monoisotopic (exact) mass is 112 g/mol. The van der Waals surface area contributed by atoms with E-state index in [0.717, 1.165) is 6.04 Å². The highest BCUT2D eigenvalue weighted by Gasteiger charge is 2.37. The molecule has 0 aromatic rings. The van der Waals surface area contributed by atoms with Crippen LogP contribution in [-0.2, 0) is 0 Å². The largest absolute Gasteiger partial charge is 0.303 e. The molecule has 0 radical (unpaired) electrons. The standard InChI is InChI=1S/C6H12N2/c1-7-2-3-8-5-6(8)4-7/h6H,2-5H2,1H3. The first-order chi connectivity index (χ1) is 3.86. The lowest BCUT2D eigenvalue weighted by Gasteiger charge is -2.21. The molecule has 2 rings (SSSR count). The zero-order valence-electron chi connectivity index (χ0n) is 5.30. The lowest BCUT2D eigenvalue weighted by atomic mass is 10.4. The fourth-order valence-corrected chi connectivity index (χ4v) is 1.42. The fourth-order valence-electron chi connectivity index (χ4n) is 1.42. The van der Waals surface area contributed by atoms with Crippen LogP contribution in [0.1, 0.15) is 0 Å². The third-order valence-electron chi connectivity index (χ3n) is 2.12. The highest BCUT2D eigenvalue weighted by atomic mass is 15.4. The molecule has 2 atom stereocenters. The molecule has 2 aliphatic heterocycles. The van der Waals surface area contributed by atoms with Crippen molar-refractivity contribution < 1.29 is 0 Å². The van der Waals surface area contributed by atoms with Gasteiger partial charge in [-0.3, -0.25) is 4.90 Å². The van der Waals surface area contributed by atoms with Gasteiger partial charge >= 0.3 is 0 Å². The third kappa shape index (κ3) is 0.644. The molecule has 2 fully saturated rings. The molecule has 0 aliphatic carbocycles. The van der Waals surface area contributed by atoms with E-state index in [9.17, 15) is 0 Å². The Morgan fingerprint density at radius 1 is 1.25 bits per heavy atom. The molecule has 0 spiro atoms. The normalized spacial score (nSPS) is 46.1. The van der Waals surface area contributed by atoms with Gasteiger partial charge in [0.25, 0.3) is 0 Å². The summed E-state index contributed by atoms with van der Waals surface area (Å²) in [4.78, 5) is 4.94. The second-order valence-electron chi connectivity index (χ2n) is 2.91. The lowest BCUT2D eigenvalue weighted by molar-refractivity contribution is 0.250. The zero-order chi connectivity index (χ0) is 5.56. The van der Waals surface area contributed by atoms with Crippen molar-refractivity contribution in [2.75, 3.05) is 33.2 Å². The van der Waals surface area contributed by atoms with Crippen LogP contribution in [0, 0.1) is 0 Å². The summed E-state index contributed by atoms with van der Waals surface area (Å²) in [7, 11) is 2.20. The Hall–Kier alpha value is -0.0800. The molecule has 2 nitrogen and oxygen atoms in total. The molecule has 2 unspecified atom stereocenters. The van der Waals surface area contributed by atoms with Gasteiger partial charge in [0.05, 0.1) is 0 Å². The second kappa shape index (κ2) is 1.45. The number of hydrogen-bond donors (Lipinski definition) is 0. The average Bonchev–Trinajstić information content (AvgIpc) is 2.43. The van der Waals surface area contributed by atoms with Gasteiger partial charge in [0.2, 0.25) is 0 Å². The quantitative estimate of drug-likeness (QED) is 0.394. The van der Waals surface area contributed by atoms with Crippen LogP contribution in [0.25, 0.3) is 0 Å². The SMILES string of the molecule is CN1CCN2CC2C1. The van der Waals surface area contributed by atoms with Gasteiger partial charge < -0.3 is 4.90 Å². The van der Waals surface area contributed by atoms with Crippen LogP contribution in [-0.4, -0.2) is 49.1 Å². The van der Waals surface area contributed by atoms with E-state index in [1.165, 1.54) is 26.2 Å². The molecule has 0 N–H and O–H groups in total. The van der Waals surface area contributed by atoms with Gasteiger partial charge in [-0.1, -0.05) is 0 Å². The minimum Gasteiger partial charge on any atom is -0.303 e. The summed E-state index contributed by atoms with van der Waals surface area (Å²) in [5.41, 5.74) is 0. The van der Waals surface area contributed by atoms with Crippen molar-refractivity contribution in [1.29, 1.82) is 0 Å². The molecule has 0 amide bonds. The van der Waals surface area contributed by atoms with Crippen molar-refractivity contribution in [2.45, 2.75) is 6.04 Å². The van der Waals surface area contributed by atoms with Crippen molar-refractivity contribution >= 4 is 0 Å². The molecular formula is C6H12N2. The molecule has 0 aromatic heterocycles. The summed E-state index contributed by atoms with van der Waals surface area (Å²) < 4.78 is 0. The third-order valence-corrected chi connectivity index (χ3v) is 2.12. The predicted octanol–water partition coefficient (Wildman–Crippen LogP) is -0.384. The van der Waals surface area contributed by atoms with E-state index in [4.69, 9.17) is 0 Å². The van der Waals surface area contributed by atoms with Gasteiger partial charge in [0, 0.05) is 32.2 Å². The Morgan fingerprint density at radius 3 is 2.75 bits per heavy atom. The van der Waals surface area contributed by atoms with Crippen molar-refractivity contribution in [1.82, 2.24) is 9.80 Å². The molecule has 2 heterocycles. The first-order valence-corrected chi connectivity index (χ1v) is 3.29. The van der Waals surface area contributed by atoms with Crippen molar-refractivity contribution in [3.05, 3.63) is 0 Å². The highest BCUT2D eigenvalue weighted by molar-refractivity contribution is 4.94. The average molecular weight is 112 g/mol. The highest BCUT2D eigenvalue weighted by Crippen LogP contribution is 2.20. The van der Waals surface area contributed by atoms with Crippen LogP contribution in [0.5, 0.6) is 0 Å². The Morgan fingerprint density at radius 2 is 2.12 bits per heavy atom. The van der Waals surface area contributed by atoms with Gasteiger partial charge in [0.1, 0.15) is 0 Å².